The first-order valence-electron chi connectivity index (χ1n) is 6.34. The Morgan fingerprint density at radius 1 is 1.10 bits per heavy atom. The van der Waals surface area contributed by atoms with Gasteiger partial charge in [-0.05, 0) is 30.2 Å². The molecule has 0 bridgehead atoms. The normalized spacial score (nSPS) is 11.7. The van der Waals surface area contributed by atoms with Crippen LogP contribution in [-0.4, -0.2) is 17.0 Å². The maximum absolute atomic E-state index is 12.3. The lowest BCUT2D eigenvalue weighted by molar-refractivity contribution is -0.139. The van der Waals surface area contributed by atoms with Crippen molar-refractivity contribution in [1.29, 1.82) is 0 Å². The fourth-order valence-corrected chi connectivity index (χ4v) is 2.36. The first kappa shape index (κ1) is 15.3. The molecule has 108 valence electrons. The molecule has 4 nitrogen and oxygen atoms in total. The molecule has 1 amide bonds. The molecule has 21 heavy (non-hydrogen) atoms. The first-order valence-corrected chi connectivity index (χ1v) is 7.13. The van der Waals surface area contributed by atoms with E-state index in [4.69, 9.17) is 0 Å². The summed E-state index contributed by atoms with van der Waals surface area (Å²) in [4.78, 5) is 23.7. The molecule has 2 N–H and O–H groups in total. The van der Waals surface area contributed by atoms with Gasteiger partial charge in [0.15, 0.2) is 6.04 Å². The second kappa shape index (κ2) is 6.54. The second-order valence-corrected chi connectivity index (χ2v) is 5.42. The number of carboxylic acid groups (broad SMARTS) is 1. The van der Waals surface area contributed by atoms with Crippen molar-refractivity contribution in [2.45, 2.75) is 13.0 Å². The van der Waals surface area contributed by atoms with Gasteiger partial charge in [-0.3, -0.25) is 4.79 Å². The summed E-state index contributed by atoms with van der Waals surface area (Å²) in [6, 6.07) is 12.8. The van der Waals surface area contributed by atoms with Crippen LogP contribution in [-0.2, 0) is 4.79 Å². The third kappa shape index (κ3) is 3.49. The summed E-state index contributed by atoms with van der Waals surface area (Å²) in [5, 5.41) is 11.9. The van der Waals surface area contributed by atoms with Gasteiger partial charge in [-0.15, -0.1) is 0 Å². The van der Waals surface area contributed by atoms with Gasteiger partial charge in [-0.1, -0.05) is 52.3 Å². The quantitative estimate of drug-likeness (QED) is 0.891. The Hall–Kier alpha value is -2.14. The fraction of sp³-hybridized carbons (Fsp3) is 0.125. The molecule has 0 saturated carbocycles. The molecule has 0 spiro atoms. The van der Waals surface area contributed by atoms with Gasteiger partial charge in [0, 0.05) is 10.0 Å². The molecule has 0 aliphatic rings. The van der Waals surface area contributed by atoms with Crippen LogP contribution in [0.25, 0.3) is 0 Å². The molecule has 0 unspecified atom stereocenters. The maximum Gasteiger partial charge on any atom is 0.330 e. The van der Waals surface area contributed by atoms with Gasteiger partial charge in [0.25, 0.3) is 5.91 Å². The number of carbonyl (C=O) groups excluding carboxylic acids is 1. The van der Waals surface area contributed by atoms with E-state index in [1.54, 1.807) is 49.4 Å². The number of benzene rings is 2. The Labute approximate surface area is 130 Å². The van der Waals surface area contributed by atoms with Gasteiger partial charge in [-0.25, -0.2) is 4.79 Å². The number of halogens is 1. The molecule has 2 aromatic carbocycles. The van der Waals surface area contributed by atoms with Crippen molar-refractivity contribution in [2.24, 2.45) is 0 Å². The molecule has 0 aromatic heterocycles. The van der Waals surface area contributed by atoms with Gasteiger partial charge < -0.3 is 10.4 Å². The molecule has 2 aromatic rings. The van der Waals surface area contributed by atoms with E-state index in [9.17, 15) is 14.7 Å². The minimum Gasteiger partial charge on any atom is -0.479 e. The predicted molar refractivity (Wildman–Crippen MR) is 83.2 cm³/mol. The predicted octanol–water partition coefficient (Wildman–Crippen LogP) is 3.31. The van der Waals surface area contributed by atoms with E-state index >= 15 is 0 Å². The van der Waals surface area contributed by atoms with Crippen LogP contribution in [0.1, 0.15) is 27.5 Å². The van der Waals surface area contributed by atoms with E-state index < -0.39 is 17.9 Å². The second-order valence-electron chi connectivity index (χ2n) is 4.57. The highest BCUT2D eigenvalue weighted by atomic mass is 79.9. The van der Waals surface area contributed by atoms with Crippen LogP contribution in [0.5, 0.6) is 0 Å². The number of nitrogens with one attached hydrogen (secondary N) is 1. The van der Waals surface area contributed by atoms with E-state index in [1.165, 1.54) is 0 Å². The lowest BCUT2D eigenvalue weighted by Gasteiger charge is -2.16. The summed E-state index contributed by atoms with van der Waals surface area (Å²) in [5.41, 5.74) is 1.75. The Morgan fingerprint density at radius 3 is 2.38 bits per heavy atom. The van der Waals surface area contributed by atoms with Crippen LogP contribution >= 0.6 is 15.9 Å². The summed E-state index contributed by atoms with van der Waals surface area (Å²) >= 11 is 3.36. The van der Waals surface area contributed by atoms with Crippen molar-refractivity contribution in [3.8, 4) is 0 Å². The molecular formula is C16H14BrNO3. The lowest BCUT2D eigenvalue weighted by atomic mass is 10.0. The highest BCUT2D eigenvalue weighted by molar-refractivity contribution is 9.10. The van der Waals surface area contributed by atoms with Crippen LogP contribution in [0.4, 0.5) is 0 Å². The van der Waals surface area contributed by atoms with Crippen LogP contribution in [0.3, 0.4) is 0 Å². The van der Waals surface area contributed by atoms with Crippen molar-refractivity contribution in [3.63, 3.8) is 0 Å². The molecule has 5 heteroatoms. The van der Waals surface area contributed by atoms with Crippen LogP contribution in [0.2, 0.25) is 0 Å². The number of aliphatic carboxylic acids is 1. The summed E-state index contributed by atoms with van der Waals surface area (Å²) in [5.74, 6) is -1.51. The monoisotopic (exact) mass is 347 g/mol. The van der Waals surface area contributed by atoms with Crippen LogP contribution < -0.4 is 5.32 Å². The standard InChI is InChI=1S/C16H14BrNO3/c1-10-12(8-5-9-13(10)17)15(19)18-14(16(20)21)11-6-3-2-4-7-11/h2-9,14H,1H3,(H,18,19)(H,20,21)/t14-/m1/s1. The van der Waals surface area contributed by atoms with Gasteiger partial charge >= 0.3 is 5.97 Å². The molecule has 2 rings (SSSR count). The minimum absolute atomic E-state index is 0.412. The van der Waals surface area contributed by atoms with Crippen molar-refractivity contribution in [3.05, 3.63) is 69.7 Å². The Kier molecular flexibility index (Phi) is 4.75. The van der Waals surface area contributed by atoms with Gasteiger partial charge in [0.2, 0.25) is 0 Å². The molecule has 0 aliphatic heterocycles. The van der Waals surface area contributed by atoms with Crippen molar-refractivity contribution < 1.29 is 14.7 Å². The number of hydrogen-bond acceptors (Lipinski definition) is 2. The fourth-order valence-electron chi connectivity index (χ4n) is 2.00. The van der Waals surface area contributed by atoms with E-state index in [2.05, 4.69) is 21.2 Å². The zero-order valence-corrected chi connectivity index (χ0v) is 12.9. The van der Waals surface area contributed by atoms with Gasteiger partial charge in [0.1, 0.15) is 0 Å². The van der Waals surface area contributed by atoms with Crippen molar-refractivity contribution >= 4 is 27.8 Å². The van der Waals surface area contributed by atoms with E-state index in [0.717, 1.165) is 10.0 Å². The van der Waals surface area contributed by atoms with Crippen LogP contribution in [0, 0.1) is 6.92 Å². The highest BCUT2D eigenvalue weighted by Crippen LogP contribution is 2.20. The van der Waals surface area contributed by atoms with E-state index in [-0.39, 0.29) is 0 Å². The number of carbonyl (C=O) groups is 2. The average molecular weight is 348 g/mol. The third-order valence-electron chi connectivity index (χ3n) is 3.17. The molecule has 0 fully saturated rings. The molecule has 0 radical (unpaired) electrons. The third-order valence-corrected chi connectivity index (χ3v) is 4.03. The lowest BCUT2D eigenvalue weighted by Crippen LogP contribution is -2.34. The summed E-state index contributed by atoms with van der Waals surface area (Å²) in [6.45, 7) is 1.80. The number of carboxylic acids is 1. The molecule has 0 aliphatic carbocycles. The van der Waals surface area contributed by atoms with Gasteiger partial charge in [-0.2, -0.15) is 0 Å². The maximum atomic E-state index is 12.3. The molecule has 0 heterocycles. The topological polar surface area (TPSA) is 66.4 Å². The first-order chi connectivity index (χ1) is 10.0. The van der Waals surface area contributed by atoms with Crippen molar-refractivity contribution in [1.82, 2.24) is 5.32 Å². The Morgan fingerprint density at radius 2 is 1.76 bits per heavy atom. The summed E-state index contributed by atoms with van der Waals surface area (Å²) in [7, 11) is 0. The summed E-state index contributed by atoms with van der Waals surface area (Å²) in [6.07, 6.45) is 0. The zero-order chi connectivity index (χ0) is 15.4. The van der Waals surface area contributed by atoms with E-state index in [0.29, 0.717) is 11.1 Å². The zero-order valence-electron chi connectivity index (χ0n) is 11.3. The SMILES string of the molecule is Cc1c(Br)cccc1C(=O)N[C@@H](C(=O)O)c1ccccc1. The average Bonchev–Trinajstić information content (AvgIpc) is 2.48. The largest absolute Gasteiger partial charge is 0.479 e. The highest BCUT2D eigenvalue weighted by Gasteiger charge is 2.23. The number of amides is 1. The number of rotatable bonds is 4. The van der Waals surface area contributed by atoms with Crippen molar-refractivity contribution in [2.75, 3.05) is 0 Å². The van der Waals surface area contributed by atoms with E-state index in [1.807, 2.05) is 6.07 Å². The molecule has 0 saturated heterocycles. The Bertz CT molecular complexity index is 670. The minimum atomic E-state index is -1.10. The van der Waals surface area contributed by atoms with Crippen LogP contribution in [0.15, 0.2) is 53.0 Å². The molecule has 1 atom stereocenters. The summed E-state index contributed by atoms with van der Waals surface area (Å²) < 4.78 is 0.807. The Balaban J connectivity index is 2.28. The molecular weight excluding hydrogens is 334 g/mol. The number of hydrogen-bond donors (Lipinski definition) is 2. The smallest absolute Gasteiger partial charge is 0.330 e. The van der Waals surface area contributed by atoms with Gasteiger partial charge in [0.05, 0.1) is 0 Å².